The zero-order chi connectivity index (χ0) is 91.3. The number of Topliss-reactive ketones (excluding diaryl/α,β-unsaturated/α-hetero) is 1. The van der Waals surface area contributed by atoms with E-state index >= 15 is 0 Å². The molecule has 0 fully saturated rings. The van der Waals surface area contributed by atoms with Crippen molar-refractivity contribution in [3.8, 4) is 34.1 Å². The van der Waals surface area contributed by atoms with Gasteiger partial charge in [0.15, 0.2) is 40.2 Å². The molecule has 0 atom stereocenters. The van der Waals surface area contributed by atoms with Crippen LogP contribution in [0.25, 0.3) is 67.6 Å². The van der Waals surface area contributed by atoms with E-state index in [-0.39, 0.29) is 75.7 Å². The van der Waals surface area contributed by atoms with Gasteiger partial charge in [-0.05, 0) is 206 Å². The molecule has 0 aliphatic carbocycles. The van der Waals surface area contributed by atoms with Crippen LogP contribution in [-0.4, -0.2) is 205 Å². The number of nitrogens with one attached hydrogen (secondary N) is 2. The highest BCUT2D eigenvalue weighted by molar-refractivity contribution is 7.10. The molecule has 0 aliphatic heterocycles. The molecule has 5 amide bonds. The average Bonchev–Trinajstić information content (AvgIpc) is 1.60. The van der Waals surface area contributed by atoms with E-state index in [4.69, 9.17) is 28.8 Å². The number of anilines is 8. The molecule has 0 unspecified atom stereocenters. The molecule has 0 saturated heterocycles. The Morgan fingerprint density at radius 1 is 0.430 bits per heavy atom. The molecule has 650 valence electrons. The van der Waals surface area contributed by atoms with E-state index in [0.717, 1.165) is 18.0 Å². The van der Waals surface area contributed by atoms with Gasteiger partial charge in [0.05, 0.1) is 69.3 Å². The van der Waals surface area contributed by atoms with Crippen LogP contribution in [0.4, 0.5) is 49.6 Å². The number of hydrogen-bond acceptors (Lipinski definition) is 25. The van der Waals surface area contributed by atoms with E-state index in [1.54, 1.807) is 191 Å². The summed E-state index contributed by atoms with van der Waals surface area (Å²) in [4.78, 5) is 162. The summed E-state index contributed by atoms with van der Waals surface area (Å²) in [5.74, 6) is -1.81. The third-order valence-corrected chi connectivity index (χ3v) is 20.8. The molecule has 35 nitrogen and oxygen atoms in total. The van der Waals surface area contributed by atoms with Crippen LogP contribution in [0.5, 0.6) is 0 Å². The Morgan fingerprint density at radius 2 is 0.805 bits per heavy atom. The molecule has 0 aliphatic rings. The number of nitrogens with two attached hydrogens (primary N) is 3. The van der Waals surface area contributed by atoms with Crippen molar-refractivity contribution in [2.45, 2.75) is 13.3 Å². The normalized spacial score (nSPS) is 11.4. The number of pyridine rings is 2. The van der Waals surface area contributed by atoms with Gasteiger partial charge in [0.25, 0.3) is 11.8 Å². The van der Waals surface area contributed by atoms with Crippen molar-refractivity contribution in [2.75, 3.05) is 126 Å². The summed E-state index contributed by atoms with van der Waals surface area (Å²) >= 11 is 7.09. The summed E-state index contributed by atoms with van der Waals surface area (Å²) < 4.78 is 26.0. The van der Waals surface area contributed by atoms with Crippen molar-refractivity contribution in [2.24, 2.45) is 0 Å². The van der Waals surface area contributed by atoms with E-state index in [0.29, 0.717) is 120 Å². The highest BCUT2D eigenvalue weighted by Crippen LogP contribution is 2.31. The van der Waals surface area contributed by atoms with Crippen LogP contribution in [-0.2, 0) is 20.8 Å². The Hall–Kier alpha value is -16.0. The van der Waals surface area contributed by atoms with Gasteiger partial charge in [0.1, 0.15) is 46.4 Å². The fraction of sp³-hybridized carbons (Fsp3) is 0.156. The van der Waals surface area contributed by atoms with Gasteiger partial charge in [0, 0.05) is 111 Å². The Bertz CT molecular complexity index is 7000. The van der Waals surface area contributed by atoms with Crippen molar-refractivity contribution in [3.63, 3.8) is 0 Å². The monoisotopic (exact) mass is 1760 g/mol. The number of ketones is 1. The molecule has 8 N–H and O–H groups in total. The van der Waals surface area contributed by atoms with E-state index in [1.807, 2.05) is 63.9 Å². The van der Waals surface area contributed by atoms with Crippen molar-refractivity contribution in [1.82, 2.24) is 86.3 Å². The van der Waals surface area contributed by atoms with Gasteiger partial charge in [-0.1, -0.05) is 48.0 Å². The summed E-state index contributed by atoms with van der Waals surface area (Å²) in [6.45, 7) is 3.73. The SMILES string of the molecule is CN(C)C/C=C/C(=O)N(C)c1cccc(-n2c(=O)n(-c3ccc(C(=O)Cc4ccc(Cl)cn4)cc3)c3c(N)ncnc32)c1.CN(C)C/C=C/C(=O)N(C)c1cccc(-n2c(=O)n(-c3ccc(C(=O)Nc4cncc(F)c4)cc3)c3c(N)ncnc32)c1.Cc1cc(NC(=O)c2ccc(-n3c(=O)n(-c4cccc(N(C)C(=O)/C=C/CN(C)C)c4)c4ncnc(N)c43)cc2)sn1. The minimum absolute atomic E-state index is 0.0794. The second-order valence-corrected chi connectivity index (χ2v) is 31.0. The first kappa shape index (κ1) is 89.8. The lowest BCUT2D eigenvalue weighted by atomic mass is 10.1. The molecule has 0 saturated carbocycles. The zero-order valence-corrected chi connectivity index (χ0v) is 72.5. The number of imidazole rings is 3. The van der Waals surface area contributed by atoms with Gasteiger partial charge in [0.2, 0.25) is 17.7 Å². The predicted octanol–water partition coefficient (Wildman–Crippen LogP) is 9.98. The average molecular weight is 1760 g/mol. The minimum atomic E-state index is -0.579. The van der Waals surface area contributed by atoms with E-state index in [9.17, 15) is 47.5 Å². The first-order valence-corrected chi connectivity index (χ1v) is 40.5. The predicted molar refractivity (Wildman–Crippen MR) is 494 cm³/mol. The molecule has 38 heteroatoms. The molecular weight excluding hydrogens is 1680 g/mol. The quantitative estimate of drug-likeness (QED) is 0.0262. The van der Waals surface area contributed by atoms with Crippen LogP contribution in [0, 0.1) is 12.7 Å². The van der Waals surface area contributed by atoms with Crippen LogP contribution in [0.3, 0.4) is 0 Å². The number of nitrogens with zero attached hydrogens (tertiary/aromatic N) is 21. The minimum Gasteiger partial charge on any atom is -0.382 e. The Morgan fingerprint density at radius 3 is 1.15 bits per heavy atom. The highest BCUT2D eigenvalue weighted by atomic mass is 35.5. The molecule has 15 rings (SSSR count). The standard InChI is InChI=1S/C31H29ClN8O3.C30H28FN9O3.C29H29N9O3S/c1-37(2)15-5-8-27(42)38(3)24-6-4-7-25(17-24)40-30-28(29(33)35-19-36-30)39(31(40)43)23-13-9-20(10-14-23)26(41)16-22-12-11-21(32)18-34-22;1-37(2)13-5-8-25(41)38(3)23-6-4-7-24(15-23)40-28-26(27(32)34-18-35-28)39(30(40)43)22-11-9-19(10-12-22)29(42)36-21-14-20(31)16-33-17-21;1-18-15-23(42-34-18)33-28(40)19-10-12-20(13-11-19)37-25-26(30)31-17-32-27(25)38(29(37)41)22-8-5-7-21(16-22)36(4)24(39)9-6-14-35(2)3/h4-14,17-19H,15-16H2,1-3H3,(H2,33,35,36);4-12,14-18H,13H2,1-3H3,(H,36,42)(H2,32,34,35);5-13,15-17H,14H2,1-4H3,(H,33,40)(H2,30,31,32)/b2*8-5+;9-6+. The van der Waals surface area contributed by atoms with Crippen LogP contribution in [0.1, 0.15) is 42.5 Å². The van der Waals surface area contributed by atoms with Gasteiger partial charge in [-0.2, -0.15) is 4.37 Å². The summed E-state index contributed by atoms with van der Waals surface area (Å²) in [7, 11) is 16.5. The lowest BCUT2D eigenvalue weighted by Crippen LogP contribution is -2.25. The Kier molecular flexibility index (Phi) is 27.8. The molecular formula is C90H86ClFN26O9S. The number of amides is 5. The van der Waals surface area contributed by atoms with E-state index in [2.05, 4.69) is 54.9 Å². The number of likely N-dealkylation sites (N-methyl/N-ethyl adjacent to an activating group) is 6. The molecule has 0 spiro atoms. The molecule has 0 bridgehead atoms. The Labute approximate surface area is 739 Å². The van der Waals surface area contributed by atoms with Gasteiger partial charge in [-0.25, -0.2) is 62.4 Å². The number of aromatic nitrogens is 15. The molecule has 15 aromatic rings. The van der Waals surface area contributed by atoms with Gasteiger partial charge < -0.3 is 57.2 Å². The van der Waals surface area contributed by atoms with E-state index < -0.39 is 28.8 Å². The maximum Gasteiger partial charge on any atom is 0.339 e. The van der Waals surface area contributed by atoms with Crippen molar-refractivity contribution in [3.05, 3.63) is 314 Å². The molecule has 0 radical (unpaired) electrons. The number of hydrogen-bond donors (Lipinski definition) is 5. The van der Waals surface area contributed by atoms with Gasteiger partial charge in [-0.15, -0.1) is 0 Å². The fourth-order valence-corrected chi connectivity index (χ4v) is 14.0. The second-order valence-electron chi connectivity index (χ2n) is 29.7. The zero-order valence-electron chi connectivity index (χ0n) is 70.9. The summed E-state index contributed by atoms with van der Waals surface area (Å²) in [5.41, 5.74) is 26.5. The van der Waals surface area contributed by atoms with Crippen LogP contribution >= 0.6 is 23.1 Å². The topological polar surface area (TPSA) is 421 Å². The van der Waals surface area contributed by atoms with Gasteiger partial charge >= 0.3 is 17.1 Å². The second kappa shape index (κ2) is 39.7. The molecule has 128 heavy (non-hydrogen) atoms. The first-order chi connectivity index (χ1) is 61.4. The first-order valence-electron chi connectivity index (χ1n) is 39.3. The summed E-state index contributed by atoms with van der Waals surface area (Å²) in [6, 6.07) is 46.7. The van der Waals surface area contributed by atoms with Crippen molar-refractivity contribution >= 4 is 137 Å². The fourth-order valence-electron chi connectivity index (χ4n) is 13.3. The maximum atomic E-state index is 14.0. The summed E-state index contributed by atoms with van der Waals surface area (Å²) in [5, 5.41) is 6.54. The maximum absolute atomic E-state index is 14.0. The van der Waals surface area contributed by atoms with Crippen LogP contribution < -0.4 is 59.6 Å². The number of benzene rings is 6. The summed E-state index contributed by atoms with van der Waals surface area (Å²) in [6.07, 6.45) is 17.7. The molecule has 6 aromatic carbocycles. The van der Waals surface area contributed by atoms with Crippen molar-refractivity contribution in [1.29, 1.82) is 0 Å². The lowest BCUT2D eigenvalue weighted by Gasteiger charge is -2.16. The smallest absolute Gasteiger partial charge is 0.339 e. The number of halogens is 2. The number of aryl methyl sites for hydroxylation is 1. The number of rotatable bonds is 25. The third-order valence-electron chi connectivity index (χ3n) is 19.7. The number of nitrogen functional groups attached to an aromatic ring is 3. The number of carbonyl (C=O) groups is 6. The van der Waals surface area contributed by atoms with Crippen molar-refractivity contribution < 1.29 is 33.2 Å². The van der Waals surface area contributed by atoms with E-state index in [1.165, 1.54) is 115 Å². The van der Waals surface area contributed by atoms with Crippen LogP contribution in [0.2, 0.25) is 5.02 Å². The lowest BCUT2D eigenvalue weighted by molar-refractivity contribution is -0.114. The largest absolute Gasteiger partial charge is 0.382 e. The number of fused-ring (bicyclic) bond motifs is 3. The molecule has 9 aromatic heterocycles. The molecule has 9 heterocycles. The highest BCUT2D eigenvalue weighted by Gasteiger charge is 2.27. The number of carbonyl (C=O) groups excluding carboxylic acids is 6. The Balaban J connectivity index is 0.000000164. The van der Waals surface area contributed by atoms with Gasteiger partial charge in [-0.3, -0.25) is 52.4 Å². The third kappa shape index (κ3) is 20.4. The van der Waals surface area contributed by atoms with Crippen LogP contribution in [0.15, 0.2) is 258 Å².